The Hall–Kier alpha value is -2.55. The summed E-state index contributed by atoms with van der Waals surface area (Å²) in [6.45, 7) is 2.42. The molecule has 0 saturated carbocycles. The molecule has 0 bridgehead atoms. The second-order valence-electron chi connectivity index (χ2n) is 4.75. The summed E-state index contributed by atoms with van der Waals surface area (Å²) in [6, 6.07) is 13.8. The number of nitrogens with zero attached hydrogens (tertiary/aromatic N) is 1. The molecule has 3 nitrogen and oxygen atoms in total. The van der Waals surface area contributed by atoms with Crippen LogP contribution in [0.25, 0.3) is 5.52 Å². The second-order valence-corrected chi connectivity index (χ2v) is 4.75. The van der Waals surface area contributed by atoms with E-state index in [9.17, 15) is 4.79 Å². The number of ether oxygens (including phenoxy) is 1. The van der Waals surface area contributed by atoms with Gasteiger partial charge in [-0.05, 0) is 30.2 Å². The first-order valence-electron chi connectivity index (χ1n) is 6.52. The van der Waals surface area contributed by atoms with Crippen molar-refractivity contribution < 1.29 is 9.53 Å². The lowest BCUT2D eigenvalue weighted by atomic mass is 10.2. The highest BCUT2D eigenvalue weighted by atomic mass is 16.5. The van der Waals surface area contributed by atoms with Crippen LogP contribution < -0.4 is 4.74 Å². The number of aryl methyl sites for hydroxylation is 1. The van der Waals surface area contributed by atoms with E-state index in [4.69, 9.17) is 4.74 Å². The van der Waals surface area contributed by atoms with Gasteiger partial charge < -0.3 is 9.14 Å². The molecule has 3 aromatic rings. The molecule has 1 aromatic carbocycles. The highest BCUT2D eigenvalue weighted by Crippen LogP contribution is 2.26. The van der Waals surface area contributed by atoms with E-state index in [1.165, 1.54) is 0 Å². The van der Waals surface area contributed by atoms with Crippen molar-refractivity contribution in [1.29, 1.82) is 0 Å². The third kappa shape index (κ3) is 2.18. The Morgan fingerprint density at radius 2 is 1.95 bits per heavy atom. The van der Waals surface area contributed by atoms with Gasteiger partial charge >= 0.3 is 0 Å². The Bertz CT molecular complexity index is 744. The van der Waals surface area contributed by atoms with Crippen molar-refractivity contribution in [3.05, 3.63) is 71.5 Å². The highest BCUT2D eigenvalue weighted by molar-refractivity contribution is 5.91. The molecule has 0 radical (unpaired) electrons. The molecule has 0 aliphatic heterocycles. The molecule has 0 amide bonds. The third-order valence-electron chi connectivity index (χ3n) is 3.35. The van der Waals surface area contributed by atoms with Crippen molar-refractivity contribution in [1.82, 2.24) is 4.40 Å². The lowest BCUT2D eigenvalue weighted by Crippen LogP contribution is -1.97. The van der Waals surface area contributed by atoms with Crippen LogP contribution in [0.4, 0.5) is 0 Å². The molecule has 0 N–H and O–H groups in total. The van der Waals surface area contributed by atoms with Gasteiger partial charge in [0.1, 0.15) is 12.4 Å². The molecule has 0 aliphatic rings. The van der Waals surface area contributed by atoms with Gasteiger partial charge in [-0.15, -0.1) is 0 Å². The molecule has 0 saturated heterocycles. The molecule has 20 heavy (non-hydrogen) atoms. The zero-order chi connectivity index (χ0) is 13.9. The van der Waals surface area contributed by atoms with Crippen LogP contribution in [0.5, 0.6) is 5.75 Å². The van der Waals surface area contributed by atoms with Gasteiger partial charge in [0, 0.05) is 18.0 Å². The SMILES string of the molecule is Cc1cn2cccc(OCc3ccccc3)c2c1C=O. The predicted octanol–water partition coefficient (Wildman–Crippen LogP) is 3.64. The molecule has 3 rings (SSSR count). The summed E-state index contributed by atoms with van der Waals surface area (Å²) in [4.78, 5) is 11.3. The van der Waals surface area contributed by atoms with Gasteiger partial charge in [-0.2, -0.15) is 0 Å². The molecule has 0 atom stereocenters. The first kappa shape index (κ1) is 12.5. The van der Waals surface area contributed by atoms with Gasteiger partial charge in [0.25, 0.3) is 0 Å². The van der Waals surface area contributed by atoms with E-state index in [1.807, 2.05) is 66.2 Å². The standard InChI is InChI=1S/C17H15NO2/c1-13-10-18-9-5-8-16(17(18)15(13)11-19)20-12-14-6-3-2-4-7-14/h2-11H,12H2,1H3. The molecule has 0 fully saturated rings. The number of benzene rings is 1. The normalized spacial score (nSPS) is 10.7. The van der Waals surface area contributed by atoms with Gasteiger partial charge in [-0.1, -0.05) is 30.3 Å². The average Bonchev–Trinajstić information content (AvgIpc) is 2.82. The van der Waals surface area contributed by atoms with Crippen LogP contribution in [0.2, 0.25) is 0 Å². The average molecular weight is 265 g/mol. The number of pyridine rings is 1. The van der Waals surface area contributed by atoms with Crippen LogP contribution in [0.3, 0.4) is 0 Å². The summed E-state index contributed by atoms with van der Waals surface area (Å²) in [5.74, 6) is 0.728. The summed E-state index contributed by atoms with van der Waals surface area (Å²) in [6.07, 6.45) is 4.75. The summed E-state index contributed by atoms with van der Waals surface area (Å²) < 4.78 is 7.81. The fourth-order valence-corrected chi connectivity index (χ4v) is 2.35. The Morgan fingerprint density at radius 3 is 2.70 bits per heavy atom. The lowest BCUT2D eigenvalue weighted by Gasteiger charge is -2.08. The zero-order valence-electron chi connectivity index (χ0n) is 11.2. The number of fused-ring (bicyclic) bond motifs is 1. The summed E-state index contributed by atoms with van der Waals surface area (Å²) in [5.41, 5.74) is 3.57. The van der Waals surface area contributed by atoms with Gasteiger partial charge in [0.15, 0.2) is 6.29 Å². The molecule has 2 aromatic heterocycles. The van der Waals surface area contributed by atoms with Crippen LogP contribution in [0, 0.1) is 6.92 Å². The largest absolute Gasteiger partial charge is 0.487 e. The number of hydrogen-bond acceptors (Lipinski definition) is 2. The molecule has 0 spiro atoms. The smallest absolute Gasteiger partial charge is 0.152 e. The van der Waals surface area contributed by atoms with Crippen molar-refractivity contribution in [3.63, 3.8) is 0 Å². The Balaban J connectivity index is 1.97. The number of hydrogen-bond donors (Lipinski definition) is 0. The number of carbonyl (C=O) groups is 1. The zero-order valence-corrected chi connectivity index (χ0v) is 11.2. The van der Waals surface area contributed by atoms with Crippen molar-refractivity contribution in [2.45, 2.75) is 13.5 Å². The summed E-state index contributed by atoms with van der Waals surface area (Å²) >= 11 is 0. The molecule has 0 aliphatic carbocycles. The maximum absolute atomic E-state index is 11.3. The van der Waals surface area contributed by atoms with E-state index < -0.39 is 0 Å². The quantitative estimate of drug-likeness (QED) is 0.674. The Kier molecular flexibility index (Phi) is 3.25. The van der Waals surface area contributed by atoms with E-state index >= 15 is 0 Å². The van der Waals surface area contributed by atoms with E-state index in [0.717, 1.165) is 28.7 Å². The molecular weight excluding hydrogens is 250 g/mol. The topological polar surface area (TPSA) is 30.7 Å². The number of aromatic nitrogens is 1. The molecule has 2 heterocycles. The number of carbonyl (C=O) groups excluding carboxylic acids is 1. The van der Waals surface area contributed by atoms with E-state index in [-0.39, 0.29) is 0 Å². The van der Waals surface area contributed by atoms with Crippen LogP contribution in [0.15, 0.2) is 54.9 Å². The third-order valence-corrected chi connectivity index (χ3v) is 3.35. The van der Waals surface area contributed by atoms with Crippen LogP contribution >= 0.6 is 0 Å². The number of aldehydes is 1. The van der Waals surface area contributed by atoms with E-state index in [0.29, 0.717) is 12.2 Å². The highest BCUT2D eigenvalue weighted by Gasteiger charge is 2.11. The molecular formula is C17H15NO2. The molecule has 100 valence electrons. The van der Waals surface area contributed by atoms with Crippen LogP contribution in [-0.4, -0.2) is 10.7 Å². The molecule has 0 unspecified atom stereocenters. The lowest BCUT2D eigenvalue weighted by molar-refractivity contribution is 0.112. The maximum atomic E-state index is 11.3. The van der Waals surface area contributed by atoms with Crippen molar-refractivity contribution in [2.75, 3.05) is 0 Å². The summed E-state index contributed by atoms with van der Waals surface area (Å²) in [5, 5.41) is 0. The summed E-state index contributed by atoms with van der Waals surface area (Å²) in [7, 11) is 0. The maximum Gasteiger partial charge on any atom is 0.152 e. The minimum atomic E-state index is 0.489. The number of rotatable bonds is 4. The Labute approximate surface area is 117 Å². The second kappa shape index (κ2) is 5.21. The van der Waals surface area contributed by atoms with E-state index in [2.05, 4.69) is 0 Å². The fraction of sp³-hybridized carbons (Fsp3) is 0.118. The van der Waals surface area contributed by atoms with Crippen LogP contribution in [-0.2, 0) is 6.61 Å². The van der Waals surface area contributed by atoms with Gasteiger partial charge in [0.2, 0.25) is 0 Å². The van der Waals surface area contributed by atoms with Gasteiger partial charge in [0.05, 0.1) is 5.52 Å². The monoisotopic (exact) mass is 265 g/mol. The molecule has 3 heteroatoms. The first-order chi connectivity index (χ1) is 9.79. The minimum absolute atomic E-state index is 0.489. The van der Waals surface area contributed by atoms with Gasteiger partial charge in [-0.3, -0.25) is 4.79 Å². The van der Waals surface area contributed by atoms with Gasteiger partial charge in [-0.25, -0.2) is 0 Å². The fourth-order valence-electron chi connectivity index (χ4n) is 2.35. The minimum Gasteiger partial charge on any atom is -0.487 e. The van der Waals surface area contributed by atoms with Crippen molar-refractivity contribution in [2.24, 2.45) is 0 Å². The van der Waals surface area contributed by atoms with Crippen molar-refractivity contribution >= 4 is 11.8 Å². The predicted molar refractivity (Wildman–Crippen MR) is 78.3 cm³/mol. The van der Waals surface area contributed by atoms with Crippen molar-refractivity contribution in [3.8, 4) is 5.75 Å². The van der Waals surface area contributed by atoms with E-state index in [1.54, 1.807) is 0 Å². The Morgan fingerprint density at radius 1 is 1.15 bits per heavy atom. The first-order valence-corrected chi connectivity index (χ1v) is 6.52. The van der Waals surface area contributed by atoms with Crippen LogP contribution in [0.1, 0.15) is 21.5 Å².